The molecule has 0 saturated carbocycles. The lowest BCUT2D eigenvalue weighted by atomic mass is 10.2. The Kier molecular flexibility index (Phi) is 5.86. The summed E-state index contributed by atoms with van der Waals surface area (Å²) in [6, 6.07) is 3.38. The van der Waals surface area contributed by atoms with Crippen molar-refractivity contribution >= 4 is 10.0 Å². The minimum absolute atomic E-state index is 0.0298. The van der Waals surface area contributed by atoms with E-state index < -0.39 is 22.4 Å². The minimum atomic E-state index is -3.67. The number of halogens is 1. The van der Waals surface area contributed by atoms with Gasteiger partial charge in [0.15, 0.2) is 0 Å². The normalized spacial score (nSPS) is 12.1. The number of aliphatic hydroxyl groups is 1. The SMILES string of the molecule is COCCCN(C)S(=O)(=O)c1ccc(F)c(CO)c1. The standard InChI is InChI=1S/C12H18FNO4S/c1-14(6-3-7-18-2)19(16,17)11-4-5-12(13)10(8-11)9-15/h4-5,8,15H,3,6-7,9H2,1-2H3. The fraction of sp³-hybridized carbons (Fsp3) is 0.500. The molecule has 1 aromatic rings. The van der Waals surface area contributed by atoms with Crippen LogP contribution in [0.4, 0.5) is 4.39 Å². The highest BCUT2D eigenvalue weighted by atomic mass is 32.2. The first kappa shape index (κ1) is 16.0. The fourth-order valence-corrected chi connectivity index (χ4v) is 2.82. The summed E-state index contributed by atoms with van der Waals surface area (Å²) in [5.74, 6) is -0.622. The predicted octanol–water partition coefficient (Wildman–Crippen LogP) is 0.975. The van der Waals surface area contributed by atoms with Crippen molar-refractivity contribution in [3.8, 4) is 0 Å². The highest BCUT2D eigenvalue weighted by Crippen LogP contribution is 2.18. The number of hydrogen-bond acceptors (Lipinski definition) is 4. The van der Waals surface area contributed by atoms with Crippen LogP contribution in [-0.4, -0.2) is 45.1 Å². The van der Waals surface area contributed by atoms with Gasteiger partial charge in [-0.3, -0.25) is 0 Å². The Morgan fingerprint density at radius 3 is 2.68 bits per heavy atom. The van der Waals surface area contributed by atoms with Gasteiger partial charge in [0, 0.05) is 32.9 Å². The minimum Gasteiger partial charge on any atom is -0.392 e. The third-order valence-corrected chi connectivity index (χ3v) is 4.57. The van der Waals surface area contributed by atoms with Gasteiger partial charge in [0.2, 0.25) is 10.0 Å². The van der Waals surface area contributed by atoms with Crippen LogP contribution in [0.25, 0.3) is 0 Å². The molecule has 1 rings (SSSR count). The number of nitrogens with zero attached hydrogens (tertiary/aromatic N) is 1. The van der Waals surface area contributed by atoms with Gasteiger partial charge in [0.05, 0.1) is 11.5 Å². The first-order valence-corrected chi connectivity index (χ1v) is 7.22. The van der Waals surface area contributed by atoms with Crippen LogP contribution in [0, 0.1) is 5.82 Å². The number of benzene rings is 1. The van der Waals surface area contributed by atoms with Crippen molar-refractivity contribution < 1.29 is 22.7 Å². The van der Waals surface area contributed by atoms with Gasteiger partial charge in [0.1, 0.15) is 5.82 Å². The van der Waals surface area contributed by atoms with E-state index >= 15 is 0 Å². The molecule has 0 heterocycles. The van der Waals surface area contributed by atoms with Crippen LogP contribution >= 0.6 is 0 Å². The van der Waals surface area contributed by atoms with Crippen LogP contribution < -0.4 is 0 Å². The number of methoxy groups -OCH3 is 1. The summed E-state index contributed by atoms with van der Waals surface area (Å²) in [5, 5.41) is 8.96. The van der Waals surface area contributed by atoms with Gasteiger partial charge < -0.3 is 9.84 Å². The summed E-state index contributed by atoms with van der Waals surface area (Å²) in [6.07, 6.45) is 0.570. The second-order valence-corrected chi connectivity index (χ2v) is 6.13. The quantitative estimate of drug-likeness (QED) is 0.760. The van der Waals surface area contributed by atoms with Gasteiger partial charge in [-0.1, -0.05) is 0 Å². The summed E-state index contributed by atoms with van der Waals surface area (Å²) >= 11 is 0. The maximum atomic E-state index is 13.2. The zero-order valence-electron chi connectivity index (χ0n) is 11.0. The van der Waals surface area contributed by atoms with Crippen LogP contribution in [0.2, 0.25) is 0 Å². The van der Waals surface area contributed by atoms with Crippen molar-refractivity contribution in [3.05, 3.63) is 29.6 Å². The van der Waals surface area contributed by atoms with Crippen molar-refractivity contribution in [1.82, 2.24) is 4.31 Å². The zero-order valence-corrected chi connectivity index (χ0v) is 11.8. The molecule has 0 aliphatic heterocycles. The maximum Gasteiger partial charge on any atom is 0.242 e. The number of rotatable bonds is 7. The van der Waals surface area contributed by atoms with E-state index in [0.717, 1.165) is 12.1 Å². The van der Waals surface area contributed by atoms with Crippen molar-refractivity contribution in [1.29, 1.82) is 0 Å². The van der Waals surface area contributed by atoms with Crippen LogP contribution in [0.15, 0.2) is 23.1 Å². The van der Waals surface area contributed by atoms with E-state index in [9.17, 15) is 12.8 Å². The molecule has 0 bridgehead atoms. The molecule has 108 valence electrons. The van der Waals surface area contributed by atoms with Gasteiger partial charge in [-0.2, -0.15) is 0 Å². The molecule has 0 atom stereocenters. The van der Waals surface area contributed by atoms with E-state index in [1.54, 1.807) is 7.11 Å². The predicted molar refractivity (Wildman–Crippen MR) is 68.6 cm³/mol. The molecule has 19 heavy (non-hydrogen) atoms. The molecule has 0 spiro atoms. The highest BCUT2D eigenvalue weighted by Gasteiger charge is 2.21. The number of ether oxygens (including phenoxy) is 1. The molecular weight excluding hydrogens is 273 g/mol. The summed E-state index contributed by atoms with van der Waals surface area (Å²) in [6.45, 7) is 0.232. The second kappa shape index (κ2) is 6.95. The summed E-state index contributed by atoms with van der Waals surface area (Å²) < 4.78 is 43.6. The van der Waals surface area contributed by atoms with E-state index in [4.69, 9.17) is 9.84 Å². The molecule has 0 aliphatic carbocycles. The Morgan fingerprint density at radius 2 is 2.11 bits per heavy atom. The van der Waals surface area contributed by atoms with Crippen molar-refractivity contribution in [2.24, 2.45) is 0 Å². The third-order valence-electron chi connectivity index (χ3n) is 2.72. The lowest BCUT2D eigenvalue weighted by Gasteiger charge is -2.17. The van der Waals surface area contributed by atoms with Gasteiger partial charge in [-0.25, -0.2) is 17.1 Å². The highest BCUT2D eigenvalue weighted by molar-refractivity contribution is 7.89. The van der Waals surface area contributed by atoms with E-state index in [1.807, 2.05) is 0 Å². The van der Waals surface area contributed by atoms with E-state index in [2.05, 4.69) is 0 Å². The lowest BCUT2D eigenvalue weighted by Crippen LogP contribution is -2.28. The Morgan fingerprint density at radius 1 is 1.42 bits per heavy atom. The molecular formula is C12H18FNO4S. The van der Waals surface area contributed by atoms with E-state index in [-0.39, 0.29) is 10.5 Å². The fourth-order valence-electron chi connectivity index (χ4n) is 1.56. The topological polar surface area (TPSA) is 66.8 Å². The Hall–Kier alpha value is -1.02. The summed E-state index contributed by atoms with van der Waals surface area (Å²) in [4.78, 5) is -0.0298. The molecule has 0 fully saturated rings. The molecule has 7 heteroatoms. The Labute approximate surface area is 112 Å². The van der Waals surface area contributed by atoms with Crippen LogP contribution in [-0.2, 0) is 21.4 Å². The van der Waals surface area contributed by atoms with Gasteiger partial charge in [-0.15, -0.1) is 0 Å². The molecule has 0 saturated heterocycles. The average Bonchev–Trinajstić information content (AvgIpc) is 2.39. The second-order valence-electron chi connectivity index (χ2n) is 4.08. The van der Waals surface area contributed by atoms with Crippen LogP contribution in [0.3, 0.4) is 0 Å². The summed E-state index contributed by atoms with van der Waals surface area (Å²) in [5.41, 5.74) is -0.0358. The molecule has 0 unspecified atom stereocenters. The van der Waals surface area contributed by atoms with Gasteiger partial charge >= 0.3 is 0 Å². The molecule has 0 aliphatic rings. The number of aliphatic hydroxyl groups excluding tert-OH is 1. The van der Waals surface area contributed by atoms with Gasteiger partial charge in [-0.05, 0) is 24.6 Å². The van der Waals surface area contributed by atoms with Crippen LogP contribution in [0.5, 0.6) is 0 Å². The van der Waals surface area contributed by atoms with Crippen molar-refractivity contribution in [2.75, 3.05) is 27.3 Å². The smallest absolute Gasteiger partial charge is 0.242 e. The molecule has 0 amide bonds. The first-order chi connectivity index (χ1) is 8.93. The molecule has 5 nitrogen and oxygen atoms in total. The van der Waals surface area contributed by atoms with Crippen LogP contribution in [0.1, 0.15) is 12.0 Å². The Bertz CT molecular complexity index is 518. The zero-order chi connectivity index (χ0) is 14.5. The van der Waals surface area contributed by atoms with Crippen molar-refractivity contribution in [3.63, 3.8) is 0 Å². The molecule has 1 aromatic carbocycles. The largest absolute Gasteiger partial charge is 0.392 e. The Balaban J connectivity index is 2.93. The molecule has 0 radical (unpaired) electrons. The lowest BCUT2D eigenvalue weighted by molar-refractivity contribution is 0.189. The molecule has 1 N–H and O–H groups in total. The number of hydrogen-bond donors (Lipinski definition) is 1. The van der Waals surface area contributed by atoms with E-state index in [0.29, 0.717) is 19.6 Å². The number of sulfonamides is 1. The molecule has 0 aromatic heterocycles. The average molecular weight is 291 g/mol. The van der Waals surface area contributed by atoms with E-state index in [1.165, 1.54) is 17.4 Å². The van der Waals surface area contributed by atoms with Gasteiger partial charge in [0.25, 0.3) is 0 Å². The maximum absolute atomic E-state index is 13.2. The third kappa shape index (κ3) is 3.97. The van der Waals surface area contributed by atoms with Crippen molar-refractivity contribution in [2.45, 2.75) is 17.9 Å². The monoisotopic (exact) mass is 291 g/mol. The summed E-state index contributed by atoms with van der Waals surface area (Å²) in [7, 11) is -0.674. The first-order valence-electron chi connectivity index (χ1n) is 5.78.